The number of carbonyl (C=O) groups is 3. The van der Waals surface area contributed by atoms with Gasteiger partial charge in [-0.3, -0.25) is 14.4 Å². The average molecular weight is 742 g/mol. The predicted molar refractivity (Wildman–Crippen MR) is 181 cm³/mol. The first-order valence-corrected chi connectivity index (χ1v) is 18.0. The number of ether oxygens (including phenoxy) is 6. The first-order valence-electron chi connectivity index (χ1n) is 18.0. The minimum Gasteiger partial charge on any atom is -0.463 e. The summed E-state index contributed by atoms with van der Waals surface area (Å²) in [5, 5.41) is 63.0. The maximum absolute atomic E-state index is 12.8. The van der Waals surface area contributed by atoms with Crippen molar-refractivity contribution >= 4 is 17.8 Å². The molecular weight excluding hydrogens is 686 g/mol. The van der Waals surface area contributed by atoms with E-state index in [1.807, 2.05) is 6.92 Å². The molecule has 0 aromatic heterocycles. The van der Waals surface area contributed by atoms with Crippen LogP contribution < -0.4 is 20.7 Å². The molecule has 17 heteroatoms. The van der Waals surface area contributed by atoms with Gasteiger partial charge in [-0.2, -0.15) is 0 Å². The molecule has 3 saturated heterocycles. The molecule has 52 heavy (non-hydrogen) atoms. The van der Waals surface area contributed by atoms with Gasteiger partial charge in [-0.25, -0.2) is 0 Å². The van der Waals surface area contributed by atoms with Gasteiger partial charge in [0.2, 0.25) is 12.2 Å². The average Bonchev–Trinajstić information content (AvgIpc) is 3.13. The molecule has 0 spiro atoms. The maximum Gasteiger partial charge on any atom is 0.308 e. The van der Waals surface area contributed by atoms with Crippen LogP contribution in [0.4, 0.5) is 0 Å². The van der Waals surface area contributed by atoms with Crippen molar-refractivity contribution in [3.63, 3.8) is 0 Å². The third kappa shape index (κ3) is 11.5. The maximum atomic E-state index is 12.8. The van der Waals surface area contributed by atoms with Gasteiger partial charge < -0.3 is 69.9 Å². The molecule has 3 aliphatic heterocycles. The monoisotopic (exact) mass is 741 g/mol. The number of carbonyl (C=O) groups excluding carboxylic acids is 3. The van der Waals surface area contributed by atoms with Gasteiger partial charge in [0.25, 0.3) is 0 Å². The van der Waals surface area contributed by atoms with Gasteiger partial charge in [-0.05, 0) is 57.0 Å². The van der Waals surface area contributed by atoms with Crippen LogP contribution >= 0.6 is 0 Å². The van der Waals surface area contributed by atoms with E-state index >= 15 is 0 Å². The van der Waals surface area contributed by atoms with E-state index in [2.05, 4.69) is 16.0 Å². The zero-order valence-corrected chi connectivity index (χ0v) is 30.1. The van der Waals surface area contributed by atoms with Crippen molar-refractivity contribution in [1.29, 1.82) is 0 Å². The first-order chi connectivity index (χ1) is 24.8. The molecular formula is C35H55N3O14. The van der Waals surface area contributed by atoms with Crippen LogP contribution in [-0.2, 0) is 38.1 Å². The summed E-state index contributed by atoms with van der Waals surface area (Å²) in [5.41, 5.74) is 0.770. The summed E-state index contributed by atoms with van der Waals surface area (Å²) in [4.78, 5) is 36.6. The molecule has 17 nitrogen and oxygen atoms in total. The molecule has 294 valence electrons. The Labute approximate surface area is 303 Å². The number of benzene rings is 1. The summed E-state index contributed by atoms with van der Waals surface area (Å²) >= 11 is 0. The zero-order chi connectivity index (χ0) is 37.9. The van der Waals surface area contributed by atoms with Gasteiger partial charge in [0.1, 0.15) is 55.1 Å². The Bertz CT molecular complexity index is 1290. The van der Waals surface area contributed by atoms with Crippen LogP contribution in [0.3, 0.4) is 0 Å². The molecule has 0 bridgehead atoms. The summed E-state index contributed by atoms with van der Waals surface area (Å²) in [6.07, 6.45) is -13.3. The second kappa shape index (κ2) is 19.9. The SMILES string of the molecule is CC[C@H](C)C(=O)OC[C@H]1O[C@@H](O[C@H]2[C@H](Oc3ccc([C@@H]4CC(=O)NCCCNC[C@H](OC(C)=O)CCN4)cc3)O[C@@H](C)[C@H](O)[C@H]2O)[C@H](O)[C@@H](O)[C@@H]1O. The van der Waals surface area contributed by atoms with Gasteiger partial charge in [-0.15, -0.1) is 0 Å². The van der Waals surface area contributed by atoms with Gasteiger partial charge in [-0.1, -0.05) is 26.0 Å². The first kappa shape index (κ1) is 41.8. The molecule has 3 fully saturated rings. The van der Waals surface area contributed by atoms with E-state index in [1.54, 1.807) is 31.2 Å². The largest absolute Gasteiger partial charge is 0.463 e. The molecule has 4 rings (SSSR count). The number of aliphatic hydroxyl groups is 5. The molecule has 0 saturated carbocycles. The van der Waals surface area contributed by atoms with E-state index in [0.717, 1.165) is 5.56 Å². The molecule has 3 aliphatic rings. The summed E-state index contributed by atoms with van der Waals surface area (Å²) in [6, 6.07) is 6.40. The van der Waals surface area contributed by atoms with E-state index in [4.69, 9.17) is 28.4 Å². The number of hydrogen-bond acceptors (Lipinski definition) is 16. The van der Waals surface area contributed by atoms with E-state index in [1.165, 1.54) is 13.8 Å². The normalized spacial score (nSPS) is 35.8. The molecule has 0 radical (unpaired) electrons. The standard InChI is InChI=1S/C35H55N3O14/c1-5-18(2)33(46)47-17-25-28(42)29(43)31(45)34(51-25)52-32-30(44)27(41)19(3)48-35(32)50-22-9-7-21(8-10-22)24-15-26(40)38-13-6-12-36-16-23(11-14-37-24)49-20(4)39/h7-10,18-19,23-25,27-32,34-37,41-45H,5-6,11-17H2,1-4H3,(H,38,40)/t18-,19-,23+,24-,25+,27-,28+,29-,30+,31+,32+,34-,35-/m0/s1. The molecule has 0 aliphatic carbocycles. The quantitative estimate of drug-likeness (QED) is 0.131. The minimum absolute atomic E-state index is 0.133. The van der Waals surface area contributed by atoms with Gasteiger partial charge in [0.15, 0.2) is 12.4 Å². The van der Waals surface area contributed by atoms with Crippen LogP contribution in [0.15, 0.2) is 24.3 Å². The summed E-state index contributed by atoms with van der Waals surface area (Å²) < 4.78 is 34.2. The minimum atomic E-state index is -1.79. The summed E-state index contributed by atoms with van der Waals surface area (Å²) in [7, 11) is 0. The number of amides is 1. The van der Waals surface area contributed by atoms with E-state index < -0.39 is 79.9 Å². The highest BCUT2D eigenvalue weighted by molar-refractivity contribution is 5.76. The van der Waals surface area contributed by atoms with Crippen molar-refractivity contribution in [1.82, 2.24) is 16.0 Å². The van der Waals surface area contributed by atoms with E-state index in [0.29, 0.717) is 45.4 Å². The lowest BCUT2D eigenvalue weighted by molar-refractivity contribution is -0.355. The highest BCUT2D eigenvalue weighted by Crippen LogP contribution is 2.31. The fourth-order valence-corrected chi connectivity index (χ4v) is 6.08. The van der Waals surface area contributed by atoms with Crippen molar-refractivity contribution in [2.45, 2.75) is 127 Å². The Kier molecular flexibility index (Phi) is 16.0. The molecule has 1 aromatic rings. The van der Waals surface area contributed by atoms with Crippen molar-refractivity contribution < 1.29 is 68.3 Å². The number of esters is 2. The zero-order valence-electron chi connectivity index (χ0n) is 30.1. The van der Waals surface area contributed by atoms with Gasteiger partial charge >= 0.3 is 11.9 Å². The second-order valence-electron chi connectivity index (χ2n) is 13.6. The van der Waals surface area contributed by atoms with Crippen LogP contribution in [0.2, 0.25) is 0 Å². The Hall–Kier alpha value is -2.97. The number of rotatable bonds is 10. The molecule has 3 heterocycles. The van der Waals surface area contributed by atoms with Crippen LogP contribution in [0.1, 0.15) is 65.0 Å². The Morgan fingerprint density at radius 1 is 0.942 bits per heavy atom. The third-order valence-electron chi connectivity index (χ3n) is 9.49. The van der Waals surface area contributed by atoms with Gasteiger partial charge in [0, 0.05) is 32.5 Å². The van der Waals surface area contributed by atoms with Gasteiger partial charge in [0.05, 0.1) is 12.0 Å². The number of aliphatic hydroxyl groups excluding tert-OH is 5. The highest BCUT2D eigenvalue weighted by Gasteiger charge is 2.51. The van der Waals surface area contributed by atoms with Crippen LogP contribution in [-0.4, -0.2) is 144 Å². The van der Waals surface area contributed by atoms with Crippen LogP contribution in [0.25, 0.3) is 0 Å². The summed E-state index contributed by atoms with van der Waals surface area (Å²) in [5.74, 6) is -1.16. The smallest absolute Gasteiger partial charge is 0.308 e. The molecule has 0 unspecified atom stereocenters. The van der Waals surface area contributed by atoms with Crippen LogP contribution in [0, 0.1) is 5.92 Å². The van der Waals surface area contributed by atoms with Crippen molar-refractivity contribution in [3.8, 4) is 5.75 Å². The molecule has 13 atom stereocenters. The third-order valence-corrected chi connectivity index (χ3v) is 9.49. The number of nitrogens with one attached hydrogen (secondary N) is 3. The molecule has 1 aromatic carbocycles. The fraction of sp³-hybridized carbons (Fsp3) is 0.743. The summed E-state index contributed by atoms with van der Waals surface area (Å²) in [6.45, 7) is 8.05. The Balaban J connectivity index is 1.46. The highest BCUT2D eigenvalue weighted by atomic mass is 16.8. The van der Waals surface area contributed by atoms with Crippen LogP contribution in [0.5, 0.6) is 5.75 Å². The Morgan fingerprint density at radius 3 is 2.37 bits per heavy atom. The lowest BCUT2D eigenvalue weighted by atomic mass is 9.97. The molecule has 1 amide bonds. The topological polar surface area (TPSA) is 244 Å². The fourth-order valence-electron chi connectivity index (χ4n) is 6.08. The van der Waals surface area contributed by atoms with Crippen molar-refractivity contribution in [3.05, 3.63) is 29.8 Å². The predicted octanol–water partition coefficient (Wildman–Crippen LogP) is -1.23. The van der Waals surface area contributed by atoms with E-state index in [-0.39, 0.29) is 36.2 Å². The number of hydrogen-bond donors (Lipinski definition) is 8. The van der Waals surface area contributed by atoms with Crippen molar-refractivity contribution in [2.75, 3.05) is 32.8 Å². The lowest BCUT2D eigenvalue weighted by Gasteiger charge is -2.45. The molecule has 8 N–H and O–H groups in total. The Morgan fingerprint density at radius 2 is 1.67 bits per heavy atom. The van der Waals surface area contributed by atoms with Crippen molar-refractivity contribution in [2.24, 2.45) is 5.92 Å². The van der Waals surface area contributed by atoms with E-state index in [9.17, 15) is 39.9 Å². The second-order valence-corrected chi connectivity index (χ2v) is 13.6. The lowest BCUT2D eigenvalue weighted by Crippen LogP contribution is -2.64.